The van der Waals surface area contributed by atoms with E-state index in [0.717, 1.165) is 11.1 Å². The molecule has 0 atom stereocenters. The molecule has 2 aromatic carbocycles. The molecule has 6 nitrogen and oxygen atoms in total. The minimum atomic E-state index is -0.510. The largest absolute Gasteiger partial charge is 0.496 e. The van der Waals surface area contributed by atoms with Crippen molar-refractivity contribution in [3.63, 3.8) is 0 Å². The van der Waals surface area contributed by atoms with Crippen molar-refractivity contribution in [2.75, 3.05) is 19.5 Å². The molecule has 3 N–H and O–H groups in total. The maximum atomic E-state index is 12.3. The molecule has 6 heteroatoms. The molecule has 0 heterocycles. The van der Waals surface area contributed by atoms with Crippen molar-refractivity contribution < 1.29 is 19.1 Å². The van der Waals surface area contributed by atoms with E-state index in [9.17, 15) is 9.59 Å². The first kappa shape index (κ1) is 17.3. The van der Waals surface area contributed by atoms with Gasteiger partial charge in [-0.15, -0.1) is 0 Å². The van der Waals surface area contributed by atoms with E-state index in [0.29, 0.717) is 22.7 Å². The van der Waals surface area contributed by atoms with Gasteiger partial charge >= 0.3 is 0 Å². The van der Waals surface area contributed by atoms with Crippen LogP contribution in [0.5, 0.6) is 11.5 Å². The number of primary amides is 1. The van der Waals surface area contributed by atoms with Crippen LogP contribution in [0.2, 0.25) is 0 Å². The molecule has 0 saturated heterocycles. The summed E-state index contributed by atoms with van der Waals surface area (Å²) in [7, 11) is 3.14. The molecule has 0 aliphatic heterocycles. The van der Waals surface area contributed by atoms with Crippen LogP contribution in [0, 0.1) is 6.92 Å². The summed E-state index contributed by atoms with van der Waals surface area (Å²) >= 11 is 0. The first-order valence-electron chi connectivity index (χ1n) is 7.35. The summed E-state index contributed by atoms with van der Waals surface area (Å²) in [5.41, 5.74) is 7.82. The van der Waals surface area contributed by atoms with Crippen LogP contribution >= 0.6 is 0 Å². The molecule has 0 aromatic heterocycles. The van der Waals surface area contributed by atoms with Crippen LogP contribution in [0.1, 0.15) is 21.5 Å². The normalized spacial score (nSPS) is 10.1. The molecule has 0 spiro atoms. The van der Waals surface area contributed by atoms with Crippen LogP contribution in [0.15, 0.2) is 36.4 Å². The van der Waals surface area contributed by atoms with Crippen LogP contribution in [-0.4, -0.2) is 26.0 Å². The van der Waals surface area contributed by atoms with E-state index in [4.69, 9.17) is 15.2 Å². The Morgan fingerprint density at radius 3 is 2.21 bits per heavy atom. The van der Waals surface area contributed by atoms with Gasteiger partial charge in [0.2, 0.25) is 11.8 Å². The number of nitrogens with one attached hydrogen (secondary N) is 1. The first-order valence-corrected chi connectivity index (χ1v) is 7.35. The minimum Gasteiger partial charge on any atom is -0.496 e. The minimum absolute atomic E-state index is 0.136. The Hall–Kier alpha value is -3.02. The summed E-state index contributed by atoms with van der Waals surface area (Å²) < 4.78 is 10.6. The maximum absolute atomic E-state index is 12.3. The molecule has 0 saturated carbocycles. The average molecular weight is 328 g/mol. The van der Waals surface area contributed by atoms with Crippen molar-refractivity contribution >= 4 is 17.5 Å². The smallest absolute Gasteiger partial charge is 0.248 e. The molecule has 0 unspecified atom stereocenters. The Kier molecular flexibility index (Phi) is 5.42. The zero-order valence-electron chi connectivity index (χ0n) is 13.9. The molecule has 0 aliphatic carbocycles. The zero-order chi connectivity index (χ0) is 17.7. The third kappa shape index (κ3) is 4.04. The standard InChI is InChI=1S/C18H20N2O4/c1-11-8-16(24-3)13(9-15(11)23-2)10-17(21)20-14-6-4-12(5-7-14)18(19)22/h4-9H,10H2,1-3H3,(H2,19,22)(H,20,21). The van der Waals surface area contributed by atoms with Crippen molar-refractivity contribution in [1.82, 2.24) is 0 Å². The summed E-state index contributed by atoms with van der Waals surface area (Å²) in [5, 5.41) is 2.77. The van der Waals surface area contributed by atoms with Gasteiger partial charge in [-0.2, -0.15) is 0 Å². The Balaban J connectivity index is 2.13. The summed E-state index contributed by atoms with van der Waals surface area (Å²) in [5.74, 6) is 0.618. The molecule has 2 rings (SSSR count). The zero-order valence-corrected chi connectivity index (χ0v) is 13.9. The summed E-state index contributed by atoms with van der Waals surface area (Å²) in [4.78, 5) is 23.3. The second-order valence-corrected chi connectivity index (χ2v) is 5.30. The van der Waals surface area contributed by atoms with Crippen molar-refractivity contribution in [1.29, 1.82) is 0 Å². The number of nitrogens with two attached hydrogens (primary N) is 1. The number of carbonyl (C=O) groups is 2. The number of hydrogen-bond donors (Lipinski definition) is 2. The van der Waals surface area contributed by atoms with Gasteiger partial charge in [0.25, 0.3) is 0 Å². The van der Waals surface area contributed by atoms with Crippen LogP contribution in [-0.2, 0) is 11.2 Å². The monoisotopic (exact) mass is 328 g/mol. The molecule has 24 heavy (non-hydrogen) atoms. The fraction of sp³-hybridized carbons (Fsp3) is 0.222. The van der Waals surface area contributed by atoms with E-state index in [2.05, 4.69) is 5.32 Å². The van der Waals surface area contributed by atoms with Crippen molar-refractivity contribution in [2.24, 2.45) is 5.73 Å². The van der Waals surface area contributed by atoms with Crippen molar-refractivity contribution in [3.8, 4) is 11.5 Å². The van der Waals surface area contributed by atoms with Gasteiger partial charge in [0.05, 0.1) is 20.6 Å². The average Bonchev–Trinajstić information content (AvgIpc) is 2.56. The highest BCUT2D eigenvalue weighted by molar-refractivity contribution is 5.95. The van der Waals surface area contributed by atoms with Crippen LogP contribution in [0.3, 0.4) is 0 Å². The van der Waals surface area contributed by atoms with E-state index in [1.54, 1.807) is 44.6 Å². The highest BCUT2D eigenvalue weighted by atomic mass is 16.5. The highest BCUT2D eigenvalue weighted by Crippen LogP contribution is 2.28. The molecular weight excluding hydrogens is 308 g/mol. The number of anilines is 1. The van der Waals surface area contributed by atoms with Gasteiger partial charge in [-0.25, -0.2) is 0 Å². The van der Waals surface area contributed by atoms with E-state index in [1.807, 2.05) is 13.0 Å². The Morgan fingerprint density at radius 1 is 1.04 bits per heavy atom. The summed E-state index contributed by atoms with van der Waals surface area (Å²) in [6.07, 6.45) is 0.136. The predicted molar refractivity (Wildman–Crippen MR) is 91.6 cm³/mol. The third-order valence-corrected chi connectivity index (χ3v) is 3.60. The molecular formula is C18H20N2O4. The molecule has 0 fully saturated rings. The number of aryl methyl sites for hydroxylation is 1. The lowest BCUT2D eigenvalue weighted by molar-refractivity contribution is -0.115. The van der Waals surface area contributed by atoms with Gasteiger partial charge in [-0.1, -0.05) is 0 Å². The molecule has 0 radical (unpaired) electrons. The summed E-state index contributed by atoms with van der Waals surface area (Å²) in [6, 6.07) is 10.0. The number of methoxy groups -OCH3 is 2. The third-order valence-electron chi connectivity index (χ3n) is 3.60. The Labute approximate surface area is 140 Å². The van der Waals surface area contributed by atoms with Gasteiger partial charge in [0, 0.05) is 16.8 Å². The number of amides is 2. The number of carbonyl (C=O) groups excluding carboxylic acids is 2. The van der Waals surface area contributed by atoms with E-state index in [-0.39, 0.29) is 12.3 Å². The molecule has 2 amide bonds. The lowest BCUT2D eigenvalue weighted by Crippen LogP contribution is -2.16. The van der Waals surface area contributed by atoms with Gasteiger partial charge in [0.15, 0.2) is 0 Å². The Bertz CT molecular complexity index is 754. The van der Waals surface area contributed by atoms with Crippen molar-refractivity contribution in [3.05, 3.63) is 53.1 Å². The van der Waals surface area contributed by atoms with E-state index < -0.39 is 5.91 Å². The quantitative estimate of drug-likeness (QED) is 0.851. The molecule has 0 bridgehead atoms. The SMILES string of the molecule is COc1cc(CC(=O)Nc2ccc(C(N)=O)cc2)c(OC)cc1C. The molecule has 126 valence electrons. The summed E-state index contributed by atoms with van der Waals surface area (Å²) in [6.45, 7) is 1.91. The van der Waals surface area contributed by atoms with Crippen LogP contribution in [0.4, 0.5) is 5.69 Å². The lowest BCUT2D eigenvalue weighted by atomic mass is 10.1. The van der Waals surface area contributed by atoms with Crippen molar-refractivity contribution in [2.45, 2.75) is 13.3 Å². The van der Waals surface area contributed by atoms with Gasteiger partial charge in [-0.3, -0.25) is 9.59 Å². The topological polar surface area (TPSA) is 90.6 Å². The Morgan fingerprint density at radius 2 is 1.67 bits per heavy atom. The van der Waals surface area contributed by atoms with Crippen LogP contribution < -0.4 is 20.5 Å². The lowest BCUT2D eigenvalue weighted by Gasteiger charge is -2.13. The number of benzene rings is 2. The molecule has 2 aromatic rings. The van der Waals surface area contributed by atoms with Gasteiger partial charge in [0.1, 0.15) is 11.5 Å². The van der Waals surface area contributed by atoms with Gasteiger partial charge < -0.3 is 20.5 Å². The number of hydrogen-bond acceptors (Lipinski definition) is 4. The molecule has 0 aliphatic rings. The second kappa shape index (κ2) is 7.50. The van der Waals surface area contributed by atoms with Gasteiger partial charge in [-0.05, 0) is 48.9 Å². The number of ether oxygens (including phenoxy) is 2. The maximum Gasteiger partial charge on any atom is 0.248 e. The highest BCUT2D eigenvalue weighted by Gasteiger charge is 2.13. The predicted octanol–water partition coefficient (Wildman–Crippen LogP) is 2.29. The number of rotatable bonds is 6. The van der Waals surface area contributed by atoms with Crippen LogP contribution in [0.25, 0.3) is 0 Å². The fourth-order valence-electron chi connectivity index (χ4n) is 2.35. The van der Waals surface area contributed by atoms with E-state index >= 15 is 0 Å². The fourth-order valence-corrected chi connectivity index (χ4v) is 2.35. The first-order chi connectivity index (χ1) is 11.4. The van der Waals surface area contributed by atoms with E-state index in [1.165, 1.54) is 0 Å². The second-order valence-electron chi connectivity index (χ2n) is 5.30.